The van der Waals surface area contributed by atoms with Crippen molar-refractivity contribution in [2.45, 2.75) is 65.7 Å². The van der Waals surface area contributed by atoms with Crippen molar-refractivity contribution in [2.24, 2.45) is 11.8 Å². The van der Waals surface area contributed by atoms with E-state index < -0.39 is 5.97 Å². The third kappa shape index (κ3) is 4.65. The Morgan fingerprint density at radius 2 is 1.75 bits per heavy atom. The molecule has 2 aliphatic carbocycles. The first-order valence-corrected chi connectivity index (χ1v) is 10.6. The Labute approximate surface area is 167 Å². The lowest BCUT2D eigenvalue weighted by atomic mass is 9.88. The highest BCUT2D eigenvalue weighted by molar-refractivity contribution is 6.04. The number of hydrogen-bond donors (Lipinski definition) is 1. The third-order valence-electron chi connectivity index (χ3n) is 5.97. The number of aromatic nitrogens is 1. The van der Waals surface area contributed by atoms with E-state index >= 15 is 0 Å². The summed E-state index contributed by atoms with van der Waals surface area (Å²) in [5, 5.41) is 0. The molecule has 1 heterocycles. The lowest BCUT2D eigenvalue weighted by Gasteiger charge is -2.29. The maximum Gasteiger partial charge on any atom is 0.355 e. The van der Waals surface area contributed by atoms with E-state index in [1.165, 1.54) is 19.3 Å². The summed E-state index contributed by atoms with van der Waals surface area (Å²) in [6.45, 7) is 6.35. The summed E-state index contributed by atoms with van der Waals surface area (Å²) >= 11 is 0. The molecule has 0 spiro atoms. The molecule has 154 valence electrons. The lowest BCUT2D eigenvalue weighted by molar-refractivity contribution is -0.132. The summed E-state index contributed by atoms with van der Waals surface area (Å²) in [4.78, 5) is 42.8. The van der Waals surface area contributed by atoms with Gasteiger partial charge in [-0.25, -0.2) is 4.79 Å². The van der Waals surface area contributed by atoms with Crippen LogP contribution in [-0.4, -0.2) is 47.2 Å². The van der Waals surface area contributed by atoms with Crippen LogP contribution >= 0.6 is 0 Å². The third-order valence-corrected chi connectivity index (χ3v) is 5.97. The number of carbonyl (C=O) groups excluding carboxylic acids is 3. The smallest absolute Gasteiger partial charge is 0.355 e. The van der Waals surface area contributed by atoms with Gasteiger partial charge in [-0.1, -0.05) is 19.3 Å². The maximum absolute atomic E-state index is 13.1. The van der Waals surface area contributed by atoms with Gasteiger partial charge in [0.15, 0.2) is 5.78 Å². The van der Waals surface area contributed by atoms with Crippen molar-refractivity contribution in [3.63, 3.8) is 0 Å². The predicted octanol–water partition coefficient (Wildman–Crippen LogP) is 3.81. The minimum atomic E-state index is -0.449. The fourth-order valence-corrected chi connectivity index (χ4v) is 4.33. The van der Waals surface area contributed by atoms with Gasteiger partial charge in [0.1, 0.15) is 5.69 Å². The Bertz CT molecular complexity index is 742. The number of amides is 1. The number of carbonyl (C=O) groups is 3. The van der Waals surface area contributed by atoms with Gasteiger partial charge >= 0.3 is 5.97 Å². The number of rotatable bonds is 8. The van der Waals surface area contributed by atoms with Crippen molar-refractivity contribution < 1.29 is 19.1 Å². The van der Waals surface area contributed by atoms with Crippen molar-refractivity contribution in [2.75, 3.05) is 19.7 Å². The molecule has 2 fully saturated rings. The Morgan fingerprint density at radius 3 is 2.36 bits per heavy atom. The first-order valence-electron chi connectivity index (χ1n) is 10.6. The fourth-order valence-electron chi connectivity index (χ4n) is 4.33. The SMILES string of the molecule is CCOC(=O)c1[nH]c(C)c(C(=O)CN(CC2CCCCC2)C(=O)C2CC2)c1C. The monoisotopic (exact) mass is 388 g/mol. The number of Topliss-reactive ketones (excluding diaryl/α,β-unsaturated/α-hetero) is 1. The zero-order valence-corrected chi connectivity index (χ0v) is 17.3. The van der Waals surface area contributed by atoms with Crippen LogP contribution in [-0.2, 0) is 9.53 Å². The molecule has 1 aromatic rings. The van der Waals surface area contributed by atoms with E-state index in [2.05, 4.69) is 4.98 Å². The van der Waals surface area contributed by atoms with Crippen molar-refractivity contribution in [3.8, 4) is 0 Å². The van der Waals surface area contributed by atoms with Crippen molar-refractivity contribution >= 4 is 17.7 Å². The van der Waals surface area contributed by atoms with Crippen molar-refractivity contribution in [1.82, 2.24) is 9.88 Å². The number of ether oxygens (including phenoxy) is 1. The van der Waals surface area contributed by atoms with Gasteiger partial charge in [-0.2, -0.15) is 0 Å². The number of hydrogen-bond acceptors (Lipinski definition) is 4. The largest absolute Gasteiger partial charge is 0.461 e. The number of aryl methyl sites for hydroxylation is 1. The van der Waals surface area contributed by atoms with Gasteiger partial charge in [0.2, 0.25) is 5.91 Å². The molecule has 0 atom stereocenters. The quantitative estimate of drug-likeness (QED) is 0.542. The van der Waals surface area contributed by atoms with Gasteiger partial charge in [0.25, 0.3) is 0 Å². The molecule has 1 N–H and O–H groups in total. The van der Waals surface area contributed by atoms with E-state index in [-0.39, 0.29) is 30.8 Å². The van der Waals surface area contributed by atoms with Crippen LogP contribution in [0.1, 0.15) is 84.0 Å². The minimum absolute atomic E-state index is 0.0909. The summed E-state index contributed by atoms with van der Waals surface area (Å²) < 4.78 is 5.07. The molecule has 28 heavy (non-hydrogen) atoms. The van der Waals surface area contributed by atoms with E-state index in [4.69, 9.17) is 4.74 Å². The van der Waals surface area contributed by atoms with Crippen LogP contribution in [0.5, 0.6) is 0 Å². The summed E-state index contributed by atoms with van der Waals surface area (Å²) in [6, 6.07) is 0. The Balaban J connectivity index is 1.75. The average molecular weight is 389 g/mol. The van der Waals surface area contributed by atoms with Gasteiger partial charge in [0.05, 0.1) is 13.2 Å². The van der Waals surface area contributed by atoms with Crippen LogP contribution in [0.2, 0.25) is 0 Å². The molecular weight excluding hydrogens is 356 g/mol. The Kier molecular flexibility index (Phi) is 6.57. The average Bonchev–Trinajstić information content (AvgIpc) is 3.47. The van der Waals surface area contributed by atoms with E-state index in [0.29, 0.717) is 35.0 Å². The van der Waals surface area contributed by atoms with E-state index in [0.717, 1.165) is 25.7 Å². The highest BCUT2D eigenvalue weighted by Gasteiger charge is 2.36. The molecule has 6 nitrogen and oxygen atoms in total. The van der Waals surface area contributed by atoms with Crippen molar-refractivity contribution in [1.29, 1.82) is 0 Å². The molecule has 3 rings (SSSR count). The Hall–Kier alpha value is -2.11. The molecule has 1 aromatic heterocycles. The molecule has 0 aromatic carbocycles. The van der Waals surface area contributed by atoms with Crippen LogP contribution < -0.4 is 0 Å². The van der Waals surface area contributed by atoms with E-state index in [9.17, 15) is 14.4 Å². The van der Waals surface area contributed by atoms with Gasteiger partial charge in [-0.05, 0) is 57.9 Å². The first-order chi connectivity index (χ1) is 13.4. The van der Waals surface area contributed by atoms with E-state index in [1.807, 2.05) is 0 Å². The second-order valence-corrected chi connectivity index (χ2v) is 8.27. The predicted molar refractivity (Wildman–Crippen MR) is 106 cm³/mol. The number of aromatic amines is 1. The van der Waals surface area contributed by atoms with Crippen LogP contribution in [0.4, 0.5) is 0 Å². The molecule has 2 aliphatic rings. The van der Waals surface area contributed by atoms with Gasteiger partial charge in [-0.15, -0.1) is 0 Å². The fraction of sp³-hybridized carbons (Fsp3) is 0.682. The normalized spacial score (nSPS) is 17.4. The molecule has 0 saturated heterocycles. The molecule has 0 radical (unpaired) electrons. The maximum atomic E-state index is 13.1. The summed E-state index contributed by atoms with van der Waals surface area (Å²) in [5.74, 6) is 0.157. The van der Waals surface area contributed by atoms with Crippen LogP contribution in [0.3, 0.4) is 0 Å². The zero-order valence-electron chi connectivity index (χ0n) is 17.3. The standard InChI is InChI=1S/C22H32N2O4/c1-4-28-22(27)20-14(2)19(15(3)23-20)18(25)13-24(21(26)17-10-11-17)12-16-8-6-5-7-9-16/h16-17,23H,4-13H2,1-3H3. The summed E-state index contributed by atoms with van der Waals surface area (Å²) in [5.41, 5.74) is 2.11. The first kappa shape index (κ1) is 20.6. The van der Waals surface area contributed by atoms with Gasteiger partial charge in [0, 0.05) is 23.7 Å². The van der Waals surface area contributed by atoms with Crippen molar-refractivity contribution in [3.05, 3.63) is 22.5 Å². The number of esters is 1. The summed E-state index contributed by atoms with van der Waals surface area (Å²) in [6.07, 6.45) is 7.83. The number of nitrogens with one attached hydrogen (secondary N) is 1. The molecule has 0 unspecified atom stereocenters. The Morgan fingerprint density at radius 1 is 1.07 bits per heavy atom. The van der Waals surface area contributed by atoms with Crippen LogP contribution in [0, 0.1) is 25.7 Å². The highest BCUT2D eigenvalue weighted by atomic mass is 16.5. The van der Waals surface area contributed by atoms with E-state index in [1.54, 1.807) is 25.7 Å². The number of ketones is 1. The van der Waals surface area contributed by atoms with Crippen LogP contribution in [0.25, 0.3) is 0 Å². The topological polar surface area (TPSA) is 79.5 Å². The molecular formula is C22H32N2O4. The minimum Gasteiger partial charge on any atom is -0.461 e. The van der Waals surface area contributed by atoms with Crippen LogP contribution in [0.15, 0.2) is 0 Å². The number of nitrogens with zero attached hydrogens (tertiary/aromatic N) is 1. The number of H-pyrrole nitrogens is 1. The second-order valence-electron chi connectivity index (χ2n) is 8.27. The molecule has 1 amide bonds. The molecule has 0 aliphatic heterocycles. The molecule has 0 bridgehead atoms. The highest BCUT2D eigenvalue weighted by Crippen LogP contribution is 2.33. The van der Waals surface area contributed by atoms with Gasteiger partial charge in [-0.3, -0.25) is 9.59 Å². The second kappa shape index (κ2) is 8.93. The lowest BCUT2D eigenvalue weighted by Crippen LogP contribution is -2.40. The summed E-state index contributed by atoms with van der Waals surface area (Å²) in [7, 11) is 0. The molecule has 2 saturated carbocycles. The van der Waals surface area contributed by atoms with Gasteiger partial charge < -0.3 is 14.6 Å². The molecule has 6 heteroatoms. The zero-order chi connectivity index (χ0) is 20.3.